The van der Waals surface area contributed by atoms with Crippen LogP contribution in [-0.4, -0.2) is 63.5 Å². The van der Waals surface area contributed by atoms with Crippen LogP contribution in [0.15, 0.2) is 72.8 Å². The van der Waals surface area contributed by atoms with Gasteiger partial charge in [-0.25, -0.2) is 4.39 Å². The lowest BCUT2D eigenvalue weighted by Crippen LogP contribution is -2.59. The number of carbonyl (C=O) groups is 1. The average Bonchev–Trinajstić information content (AvgIpc) is 3.00. The van der Waals surface area contributed by atoms with Crippen LogP contribution in [0.25, 0.3) is 0 Å². The lowest BCUT2D eigenvalue weighted by Gasteiger charge is -2.48. The Labute approximate surface area is 246 Å². The SMILES string of the molecule is CCCc1ccc(CCC[C@H]2C(=O)N(c3ccc(F)cc3)[C@@H]2c2ccc(CC3O[C@H](CO)[C@@H](O)[C@H](O)[C@H]3O)cc2)cc1. The van der Waals surface area contributed by atoms with Crippen LogP contribution in [-0.2, 0) is 28.8 Å². The Morgan fingerprint density at radius 1 is 0.786 bits per heavy atom. The Morgan fingerprint density at radius 2 is 1.38 bits per heavy atom. The molecule has 0 aromatic heterocycles. The highest BCUT2D eigenvalue weighted by molar-refractivity contribution is 6.03. The van der Waals surface area contributed by atoms with Crippen LogP contribution >= 0.6 is 0 Å². The van der Waals surface area contributed by atoms with Gasteiger partial charge in [-0.15, -0.1) is 0 Å². The first-order chi connectivity index (χ1) is 20.3. The quantitative estimate of drug-likeness (QED) is 0.258. The maximum atomic E-state index is 13.6. The summed E-state index contributed by atoms with van der Waals surface area (Å²) >= 11 is 0. The molecule has 2 aliphatic heterocycles. The Hall–Kier alpha value is -3.14. The minimum absolute atomic E-state index is 0.0234. The fourth-order valence-electron chi connectivity index (χ4n) is 6.22. The molecule has 2 fully saturated rings. The second kappa shape index (κ2) is 13.4. The van der Waals surface area contributed by atoms with Crippen molar-refractivity contribution in [1.29, 1.82) is 0 Å². The molecule has 0 spiro atoms. The summed E-state index contributed by atoms with van der Waals surface area (Å²) in [5, 5.41) is 40.1. The van der Waals surface area contributed by atoms with Gasteiger partial charge in [0.15, 0.2) is 0 Å². The largest absolute Gasteiger partial charge is 0.394 e. The first kappa shape index (κ1) is 30.3. The number of hydrogen-bond acceptors (Lipinski definition) is 6. The smallest absolute Gasteiger partial charge is 0.233 e. The van der Waals surface area contributed by atoms with Gasteiger partial charge < -0.3 is 30.1 Å². The zero-order chi connectivity index (χ0) is 29.8. The van der Waals surface area contributed by atoms with Gasteiger partial charge in [0.25, 0.3) is 0 Å². The minimum atomic E-state index is -1.42. The summed E-state index contributed by atoms with van der Waals surface area (Å²) in [5.74, 6) is -0.539. The fraction of sp³-hybridized carbons (Fsp3) is 0.441. The van der Waals surface area contributed by atoms with Gasteiger partial charge in [-0.3, -0.25) is 4.79 Å². The highest BCUT2D eigenvalue weighted by atomic mass is 19.1. The monoisotopic (exact) mass is 577 g/mol. The molecular formula is C34H40FNO6. The molecule has 1 unspecified atom stereocenters. The third-order valence-electron chi connectivity index (χ3n) is 8.61. The highest BCUT2D eigenvalue weighted by Gasteiger charge is 2.48. The summed E-state index contributed by atoms with van der Waals surface area (Å²) in [6.45, 7) is 1.70. The van der Waals surface area contributed by atoms with E-state index in [2.05, 4.69) is 31.2 Å². The molecule has 0 radical (unpaired) electrons. The van der Waals surface area contributed by atoms with Gasteiger partial charge in [0.1, 0.15) is 30.2 Å². The van der Waals surface area contributed by atoms with Crippen molar-refractivity contribution in [3.63, 3.8) is 0 Å². The Morgan fingerprint density at radius 3 is 2.00 bits per heavy atom. The maximum Gasteiger partial charge on any atom is 0.233 e. The van der Waals surface area contributed by atoms with E-state index in [4.69, 9.17) is 4.74 Å². The number of carbonyl (C=O) groups excluding carboxylic acids is 1. The third kappa shape index (κ3) is 6.43. The molecule has 0 bridgehead atoms. The number of anilines is 1. The molecule has 1 amide bonds. The van der Waals surface area contributed by atoms with Gasteiger partial charge in [-0.1, -0.05) is 61.9 Å². The molecule has 2 heterocycles. The topological polar surface area (TPSA) is 110 Å². The third-order valence-corrected chi connectivity index (χ3v) is 8.61. The van der Waals surface area contributed by atoms with E-state index in [0.29, 0.717) is 5.69 Å². The van der Waals surface area contributed by atoms with Gasteiger partial charge in [-0.05, 0) is 72.2 Å². The van der Waals surface area contributed by atoms with Crippen LogP contribution in [0.3, 0.4) is 0 Å². The van der Waals surface area contributed by atoms with E-state index in [0.717, 1.165) is 43.2 Å². The molecule has 0 saturated carbocycles. The van der Waals surface area contributed by atoms with Gasteiger partial charge in [0.2, 0.25) is 5.91 Å². The van der Waals surface area contributed by atoms with Crippen LogP contribution in [0, 0.1) is 11.7 Å². The normalized spacial score (nSPS) is 27.6. The number of aliphatic hydroxyl groups excluding tert-OH is 4. The first-order valence-electron chi connectivity index (χ1n) is 14.9. The molecule has 3 aromatic carbocycles. The zero-order valence-corrected chi connectivity index (χ0v) is 23.8. The van der Waals surface area contributed by atoms with Crippen molar-refractivity contribution in [1.82, 2.24) is 0 Å². The van der Waals surface area contributed by atoms with Crippen molar-refractivity contribution in [2.45, 2.75) is 82.0 Å². The van der Waals surface area contributed by atoms with Crippen molar-refractivity contribution in [2.24, 2.45) is 5.92 Å². The number of amides is 1. The predicted molar refractivity (Wildman–Crippen MR) is 157 cm³/mol. The second-order valence-electron chi connectivity index (χ2n) is 11.5. The second-order valence-corrected chi connectivity index (χ2v) is 11.5. The van der Waals surface area contributed by atoms with Crippen LogP contribution < -0.4 is 4.90 Å². The average molecular weight is 578 g/mol. The molecule has 0 aliphatic carbocycles. The lowest BCUT2D eigenvalue weighted by atomic mass is 9.78. The van der Waals surface area contributed by atoms with Crippen LogP contribution in [0.2, 0.25) is 0 Å². The molecule has 224 valence electrons. The molecule has 2 aliphatic rings. The summed E-state index contributed by atoms with van der Waals surface area (Å²) in [4.78, 5) is 15.1. The number of aryl methyl sites for hydroxylation is 2. The van der Waals surface area contributed by atoms with Crippen molar-refractivity contribution in [3.8, 4) is 0 Å². The number of ether oxygens (including phenoxy) is 1. The Kier molecular flexibility index (Phi) is 9.70. The first-order valence-corrected chi connectivity index (χ1v) is 14.9. The fourth-order valence-corrected chi connectivity index (χ4v) is 6.22. The summed E-state index contributed by atoms with van der Waals surface area (Å²) in [6.07, 6.45) is -0.919. The van der Waals surface area contributed by atoms with Crippen molar-refractivity contribution in [3.05, 3.63) is 101 Å². The number of aliphatic hydroxyl groups is 4. The van der Waals surface area contributed by atoms with Crippen molar-refractivity contribution in [2.75, 3.05) is 11.5 Å². The standard InChI is InChI=1S/C34H40FNO6/c1-2-4-21-7-9-22(10-8-21)5-3-6-27-30(36(34(27)41)26-17-15-25(35)16-18-26)24-13-11-23(12-14-24)19-28-31(38)33(40)32(39)29(20-37)42-28/h7-18,27-33,37-40H,2-6,19-20H2,1H3/t27-,28?,29-,30-,31+,32-,33-/m1/s1. The molecule has 8 heteroatoms. The van der Waals surface area contributed by atoms with Crippen molar-refractivity contribution >= 4 is 11.6 Å². The minimum Gasteiger partial charge on any atom is -0.394 e. The summed E-state index contributed by atoms with van der Waals surface area (Å²) in [5.41, 5.74) is 5.03. The lowest BCUT2D eigenvalue weighted by molar-refractivity contribution is -0.228. The molecule has 7 nitrogen and oxygen atoms in total. The van der Waals surface area contributed by atoms with Crippen LogP contribution in [0.4, 0.5) is 10.1 Å². The molecular weight excluding hydrogens is 537 g/mol. The van der Waals surface area contributed by atoms with Gasteiger partial charge in [-0.2, -0.15) is 0 Å². The van der Waals surface area contributed by atoms with E-state index >= 15 is 0 Å². The molecule has 3 aromatic rings. The number of β-lactam (4-membered cyclic amide) rings is 1. The van der Waals surface area contributed by atoms with Crippen LogP contribution in [0.1, 0.15) is 54.5 Å². The Bertz CT molecular complexity index is 1310. The van der Waals surface area contributed by atoms with Gasteiger partial charge >= 0.3 is 0 Å². The molecule has 5 rings (SSSR count). The van der Waals surface area contributed by atoms with E-state index in [9.17, 15) is 29.6 Å². The molecule has 4 N–H and O–H groups in total. The number of halogens is 1. The van der Waals surface area contributed by atoms with E-state index in [-0.39, 0.29) is 30.1 Å². The summed E-state index contributed by atoms with van der Waals surface area (Å²) in [7, 11) is 0. The van der Waals surface area contributed by atoms with E-state index in [1.165, 1.54) is 23.3 Å². The number of nitrogens with zero attached hydrogens (tertiary/aromatic N) is 1. The maximum absolute atomic E-state index is 13.6. The zero-order valence-electron chi connectivity index (χ0n) is 23.8. The van der Waals surface area contributed by atoms with Crippen LogP contribution in [0.5, 0.6) is 0 Å². The van der Waals surface area contributed by atoms with Gasteiger partial charge in [0, 0.05) is 12.1 Å². The van der Waals surface area contributed by atoms with E-state index in [1.807, 2.05) is 24.3 Å². The van der Waals surface area contributed by atoms with Crippen molar-refractivity contribution < 1.29 is 34.3 Å². The van der Waals surface area contributed by atoms with Gasteiger partial charge in [0.05, 0.1) is 24.7 Å². The highest BCUT2D eigenvalue weighted by Crippen LogP contribution is 2.45. The number of hydrogen-bond donors (Lipinski definition) is 4. The molecule has 7 atom stereocenters. The van der Waals surface area contributed by atoms with E-state index in [1.54, 1.807) is 17.0 Å². The molecule has 42 heavy (non-hydrogen) atoms. The number of rotatable bonds is 11. The summed E-state index contributed by atoms with van der Waals surface area (Å²) in [6, 6.07) is 22.2. The molecule has 2 saturated heterocycles. The number of benzene rings is 3. The predicted octanol–water partition coefficient (Wildman–Crippen LogP) is 3.89. The Balaban J connectivity index is 1.29. The summed E-state index contributed by atoms with van der Waals surface area (Å²) < 4.78 is 19.3. The van der Waals surface area contributed by atoms with E-state index < -0.39 is 37.1 Å².